The molecule has 38 heavy (non-hydrogen) atoms. The van der Waals surface area contributed by atoms with Gasteiger partial charge in [0.25, 0.3) is 0 Å². The van der Waals surface area contributed by atoms with Crippen LogP contribution in [0, 0.1) is 6.92 Å². The van der Waals surface area contributed by atoms with E-state index in [-0.39, 0.29) is 18.4 Å². The molecule has 0 bridgehead atoms. The van der Waals surface area contributed by atoms with Gasteiger partial charge in [-0.1, -0.05) is 18.2 Å². The molecule has 3 N–H and O–H groups in total. The van der Waals surface area contributed by atoms with Crippen molar-refractivity contribution in [1.82, 2.24) is 14.2 Å². The number of furan rings is 1. The number of piperazine rings is 1. The summed E-state index contributed by atoms with van der Waals surface area (Å²) >= 11 is 0. The number of hydrogen-bond acceptors (Lipinski definition) is 7. The molecular weight excluding hydrogens is 506 g/mol. The van der Waals surface area contributed by atoms with Crippen molar-refractivity contribution < 1.29 is 22.4 Å². The molecule has 0 saturated carbocycles. The van der Waals surface area contributed by atoms with E-state index in [4.69, 9.17) is 10.2 Å². The summed E-state index contributed by atoms with van der Waals surface area (Å²) in [6.45, 7) is 3.68. The highest BCUT2D eigenvalue weighted by atomic mass is 32.2. The minimum absolute atomic E-state index is 0.148. The third kappa shape index (κ3) is 5.35. The number of hydrogen-bond donors (Lipinski definition) is 2. The molecule has 10 nitrogen and oxygen atoms in total. The molecule has 5 rings (SSSR count). The van der Waals surface area contributed by atoms with Crippen LogP contribution >= 0.6 is 0 Å². The molecule has 2 aromatic heterocycles. The lowest BCUT2D eigenvalue weighted by atomic mass is 10.0. The van der Waals surface area contributed by atoms with Crippen LogP contribution < -0.4 is 11.1 Å². The molecule has 0 radical (unpaired) electrons. The number of aryl methyl sites for hydroxylation is 2. The molecule has 1 saturated heterocycles. The number of carbonyl (C=O) groups excluding carboxylic acids is 2. The van der Waals surface area contributed by atoms with Crippen molar-refractivity contribution in [3.63, 3.8) is 0 Å². The quantitative estimate of drug-likeness (QED) is 0.459. The Labute approximate surface area is 221 Å². The van der Waals surface area contributed by atoms with Gasteiger partial charge in [0.05, 0.1) is 12.3 Å². The Bertz CT molecular complexity index is 1540. The lowest BCUT2D eigenvalue weighted by Crippen LogP contribution is -2.54. The second kappa shape index (κ2) is 10.3. The average Bonchev–Trinajstić information content (AvgIpc) is 3.09. The van der Waals surface area contributed by atoms with Crippen LogP contribution in [0.4, 0.5) is 5.82 Å². The number of primary amides is 1. The van der Waals surface area contributed by atoms with E-state index in [0.717, 1.165) is 22.1 Å². The van der Waals surface area contributed by atoms with Crippen molar-refractivity contribution >= 4 is 44.7 Å². The molecule has 2 aliphatic rings. The first kappa shape index (κ1) is 26.1. The van der Waals surface area contributed by atoms with Crippen molar-refractivity contribution in [1.29, 1.82) is 0 Å². The summed E-state index contributed by atoms with van der Waals surface area (Å²) in [6.07, 6.45) is 5.97. The van der Waals surface area contributed by atoms with E-state index < -0.39 is 15.9 Å². The highest BCUT2D eigenvalue weighted by molar-refractivity contribution is 7.88. The number of nitrogens with two attached hydrogens (primary N) is 1. The maximum absolute atomic E-state index is 13.0. The lowest BCUT2D eigenvalue weighted by molar-refractivity contribution is -0.122. The van der Waals surface area contributed by atoms with Crippen molar-refractivity contribution in [3.8, 4) is 0 Å². The summed E-state index contributed by atoms with van der Waals surface area (Å²) in [5.41, 5.74) is 9.43. The van der Waals surface area contributed by atoms with E-state index in [0.29, 0.717) is 61.7 Å². The van der Waals surface area contributed by atoms with Crippen LogP contribution in [0.15, 0.2) is 46.5 Å². The van der Waals surface area contributed by atoms with Gasteiger partial charge in [0.15, 0.2) is 0 Å². The minimum atomic E-state index is -3.24. The summed E-state index contributed by atoms with van der Waals surface area (Å²) < 4.78 is 31.1. The Kier molecular flexibility index (Phi) is 7.08. The average molecular weight is 538 g/mol. The van der Waals surface area contributed by atoms with Gasteiger partial charge >= 0.3 is 0 Å². The normalized spacial score (nSPS) is 19.7. The number of amides is 2. The SMILES string of the molecule is Cc1c(C/C(=C/c2cnc3c(c2)CCC(N2CCN(S(C)(=O)=O)CC2)C(=O)N3)C(N)=O)oc2ccccc12. The summed E-state index contributed by atoms with van der Waals surface area (Å²) in [5.74, 6) is 0.496. The van der Waals surface area contributed by atoms with Gasteiger partial charge in [-0.2, -0.15) is 4.31 Å². The topological polar surface area (TPSA) is 139 Å². The molecule has 3 aromatic rings. The largest absolute Gasteiger partial charge is 0.460 e. The number of benzene rings is 1. The Morgan fingerprint density at radius 1 is 1.24 bits per heavy atom. The monoisotopic (exact) mass is 537 g/mol. The van der Waals surface area contributed by atoms with Gasteiger partial charge in [-0.3, -0.25) is 14.5 Å². The zero-order valence-corrected chi connectivity index (χ0v) is 22.3. The smallest absolute Gasteiger partial charge is 0.245 e. The number of carbonyl (C=O) groups is 2. The van der Waals surface area contributed by atoms with E-state index in [9.17, 15) is 18.0 Å². The fourth-order valence-electron chi connectivity index (χ4n) is 5.21. The van der Waals surface area contributed by atoms with Gasteiger partial charge in [0, 0.05) is 49.8 Å². The number of rotatable bonds is 6. The molecule has 0 aliphatic carbocycles. The van der Waals surface area contributed by atoms with E-state index >= 15 is 0 Å². The number of fused-ring (bicyclic) bond motifs is 2. The molecule has 4 heterocycles. The van der Waals surface area contributed by atoms with Crippen molar-refractivity contribution in [3.05, 3.63) is 64.6 Å². The number of aromatic nitrogens is 1. The Morgan fingerprint density at radius 2 is 1.97 bits per heavy atom. The zero-order chi connectivity index (χ0) is 27.0. The van der Waals surface area contributed by atoms with Gasteiger partial charge in [0.1, 0.15) is 17.2 Å². The van der Waals surface area contributed by atoms with E-state index in [1.807, 2.05) is 42.2 Å². The third-order valence-electron chi connectivity index (χ3n) is 7.35. The molecule has 1 atom stereocenters. The van der Waals surface area contributed by atoms with Crippen LogP contribution in [-0.4, -0.2) is 72.9 Å². The number of nitrogens with one attached hydrogen (secondary N) is 1. The fraction of sp³-hybridized carbons (Fsp3) is 0.370. The van der Waals surface area contributed by atoms with E-state index in [1.54, 1.807) is 12.3 Å². The van der Waals surface area contributed by atoms with Gasteiger partial charge in [-0.25, -0.2) is 13.4 Å². The molecule has 1 fully saturated rings. The first-order valence-corrected chi connectivity index (χ1v) is 14.4. The third-order valence-corrected chi connectivity index (χ3v) is 8.66. The maximum atomic E-state index is 13.0. The molecule has 0 spiro atoms. The van der Waals surface area contributed by atoms with Crippen LogP contribution in [-0.2, 0) is 32.5 Å². The summed E-state index contributed by atoms with van der Waals surface area (Å²) in [6, 6.07) is 9.26. The highest BCUT2D eigenvalue weighted by Crippen LogP contribution is 2.28. The number of anilines is 1. The number of pyridine rings is 1. The Hall–Kier alpha value is -3.54. The number of sulfonamides is 1. The number of nitrogens with zero attached hydrogens (tertiary/aromatic N) is 3. The number of para-hydroxylation sites is 1. The second-order valence-electron chi connectivity index (χ2n) is 9.88. The fourth-order valence-corrected chi connectivity index (χ4v) is 6.03. The van der Waals surface area contributed by atoms with Crippen molar-refractivity contribution in [2.45, 2.75) is 32.2 Å². The first-order valence-electron chi connectivity index (χ1n) is 12.6. The van der Waals surface area contributed by atoms with Crippen LogP contribution in [0.25, 0.3) is 17.0 Å². The predicted molar refractivity (Wildman–Crippen MR) is 145 cm³/mol. The van der Waals surface area contributed by atoms with E-state index in [1.165, 1.54) is 10.6 Å². The van der Waals surface area contributed by atoms with Crippen LogP contribution in [0.2, 0.25) is 0 Å². The van der Waals surface area contributed by atoms with Crippen LogP contribution in [0.1, 0.15) is 28.9 Å². The Morgan fingerprint density at radius 3 is 2.66 bits per heavy atom. The summed E-state index contributed by atoms with van der Waals surface area (Å²) in [7, 11) is -3.24. The molecule has 200 valence electrons. The summed E-state index contributed by atoms with van der Waals surface area (Å²) in [4.78, 5) is 31.8. The van der Waals surface area contributed by atoms with Crippen LogP contribution in [0.3, 0.4) is 0 Å². The van der Waals surface area contributed by atoms with E-state index in [2.05, 4.69) is 10.3 Å². The van der Waals surface area contributed by atoms with Gasteiger partial charge in [-0.05, 0) is 54.7 Å². The van der Waals surface area contributed by atoms with Gasteiger partial charge in [-0.15, -0.1) is 0 Å². The second-order valence-corrected chi connectivity index (χ2v) is 11.9. The van der Waals surface area contributed by atoms with Crippen molar-refractivity contribution in [2.24, 2.45) is 5.73 Å². The van der Waals surface area contributed by atoms with Crippen molar-refractivity contribution in [2.75, 3.05) is 37.8 Å². The maximum Gasteiger partial charge on any atom is 0.245 e. The lowest BCUT2D eigenvalue weighted by Gasteiger charge is -2.37. The minimum Gasteiger partial charge on any atom is -0.460 e. The van der Waals surface area contributed by atoms with Crippen LogP contribution in [0.5, 0.6) is 0 Å². The molecule has 11 heteroatoms. The highest BCUT2D eigenvalue weighted by Gasteiger charge is 2.33. The zero-order valence-electron chi connectivity index (χ0n) is 21.4. The van der Waals surface area contributed by atoms with Gasteiger partial charge in [0.2, 0.25) is 21.8 Å². The summed E-state index contributed by atoms with van der Waals surface area (Å²) in [5, 5.41) is 3.93. The molecule has 2 aliphatic heterocycles. The molecular formula is C27H31N5O5S. The standard InChI is InChI=1S/C27H31N5O5S/c1-17-21-5-3-4-6-23(21)37-24(17)15-20(25(28)33)14-18-13-19-7-8-22(27(34)30-26(19)29-16-18)31-9-11-32(12-10-31)38(2,35)36/h3-6,13-14,16,22H,7-12,15H2,1-2H3,(H2,28,33)(H,29,30,34)/b20-14-. The Balaban J connectivity index is 1.33. The predicted octanol–water partition coefficient (Wildman–Crippen LogP) is 2.08. The first-order chi connectivity index (χ1) is 18.1. The van der Waals surface area contributed by atoms with Gasteiger partial charge < -0.3 is 15.5 Å². The molecule has 2 amide bonds. The molecule has 1 unspecified atom stereocenters. The molecule has 1 aromatic carbocycles.